The van der Waals surface area contributed by atoms with Gasteiger partial charge < -0.3 is 4.57 Å². The Bertz CT molecular complexity index is 1740. The maximum atomic E-state index is 5.42. The first-order valence-corrected chi connectivity index (χ1v) is 13.6. The molecule has 0 amide bonds. The molecule has 182 valence electrons. The molecular weight excluding hydrogens is 448 g/mol. The van der Waals surface area contributed by atoms with Crippen LogP contribution >= 0.6 is 0 Å². The molecule has 0 spiro atoms. The van der Waals surface area contributed by atoms with Crippen molar-refractivity contribution in [1.82, 2.24) is 4.57 Å². The van der Waals surface area contributed by atoms with E-state index >= 15 is 0 Å². The van der Waals surface area contributed by atoms with E-state index in [1.165, 1.54) is 49.4 Å². The minimum Gasteiger partial charge on any atom is -0.309 e. The Balaban J connectivity index is 1.63. The molecule has 0 saturated heterocycles. The van der Waals surface area contributed by atoms with Crippen molar-refractivity contribution in [3.8, 4) is 5.69 Å². The SMILES string of the molecule is CCC/C=C\C1=NC2(C)C=C[C@@]2(CC)c2cc(-n3c4ccccc4c4ccccc43)c3ccccc3c21. The molecule has 1 aliphatic heterocycles. The molecule has 2 aliphatic rings. The topological polar surface area (TPSA) is 17.3 Å². The second-order valence-electron chi connectivity index (χ2n) is 10.7. The number of hydrogen-bond donors (Lipinski definition) is 0. The van der Waals surface area contributed by atoms with Crippen LogP contribution in [0.15, 0.2) is 108 Å². The number of nitrogens with zero attached hydrogens (tertiary/aromatic N) is 2. The van der Waals surface area contributed by atoms with Gasteiger partial charge in [-0.25, -0.2) is 0 Å². The predicted molar refractivity (Wildman–Crippen MR) is 158 cm³/mol. The molecule has 0 bridgehead atoms. The first-order chi connectivity index (χ1) is 18.1. The molecule has 2 nitrogen and oxygen atoms in total. The summed E-state index contributed by atoms with van der Waals surface area (Å²) in [6, 6.07) is 29.0. The molecule has 2 atom stereocenters. The zero-order chi connectivity index (χ0) is 25.2. The van der Waals surface area contributed by atoms with Gasteiger partial charge in [-0.05, 0) is 55.0 Å². The highest BCUT2D eigenvalue weighted by molar-refractivity contribution is 6.21. The summed E-state index contributed by atoms with van der Waals surface area (Å²) in [5.74, 6) is 0. The van der Waals surface area contributed by atoms with E-state index in [4.69, 9.17) is 4.99 Å². The van der Waals surface area contributed by atoms with Gasteiger partial charge in [-0.15, -0.1) is 0 Å². The number of hydrogen-bond acceptors (Lipinski definition) is 1. The van der Waals surface area contributed by atoms with Crippen molar-refractivity contribution in [3.63, 3.8) is 0 Å². The van der Waals surface area contributed by atoms with Gasteiger partial charge in [0, 0.05) is 27.1 Å². The van der Waals surface area contributed by atoms with Crippen LogP contribution in [-0.2, 0) is 5.41 Å². The monoisotopic (exact) mass is 480 g/mol. The first kappa shape index (κ1) is 22.3. The first-order valence-electron chi connectivity index (χ1n) is 13.6. The van der Waals surface area contributed by atoms with Crippen molar-refractivity contribution in [2.45, 2.75) is 51.0 Å². The predicted octanol–water partition coefficient (Wildman–Crippen LogP) is 9.07. The third-order valence-electron chi connectivity index (χ3n) is 8.82. The van der Waals surface area contributed by atoms with Crippen LogP contribution in [0.25, 0.3) is 38.3 Å². The second kappa shape index (κ2) is 8.05. The third-order valence-corrected chi connectivity index (χ3v) is 8.82. The Labute approximate surface area is 218 Å². The summed E-state index contributed by atoms with van der Waals surface area (Å²) in [6.45, 7) is 6.85. The van der Waals surface area contributed by atoms with Gasteiger partial charge >= 0.3 is 0 Å². The van der Waals surface area contributed by atoms with E-state index in [0.29, 0.717) is 0 Å². The molecule has 2 heterocycles. The van der Waals surface area contributed by atoms with Crippen LogP contribution < -0.4 is 0 Å². The van der Waals surface area contributed by atoms with Crippen LogP contribution in [0.5, 0.6) is 0 Å². The minimum absolute atomic E-state index is 0.0953. The van der Waals surface area contributed by atoms with Gasteiger partial charge in [0.2, 0.25) is 0 Å². The average molecular weight is 481 g/mol. The number of allylic oxidation sites excluding steroid dienone is 2. The van der Waals surface area contributed by atoms with E-state index in [1.807, 2.05) is 0 Å². The number of aliphatic imine (C=N–C) groups is 1. The molecular formula is C35H32N2. The lowest BCUT2D eigenvalue weighted by atomic mass is 9.54. The van der Waals surface area contributed by atoms with E-state index < -0.39 is 0 Å². The Hall–Kier alpha value is -3.91. The summed E-state index contributed by atoms with van der Waals surface area (Å²) in [6.07, 6.45) is 12.5. The Morgan fingerprint density at radius 3 is 2.00 bits per heavy atom. The maximum Gasteiger partial charge on any atom is 0.0898 e. The number of aromatic nitrogens is 1. The van der Waals surface area contributed by atoms with Crippen LogP contribution in [0.2, 0.25) is 0 Å². The largest absolute Gasteiger partial charge is 0.309 e. The standard InChI is InChI=1S/C35H32N2/c1-4-6-7-18-29-33-27-17-9-8-16-26(27)32(23-28(33)35(5-2)22-21-34(35,3)36-29)37-30-19-12-10-14-24(30)25-15-11-13-20-31(25)37/h7-23H,4-6H2,1-3H3/b18-7-/t34?,35-/m0/s1. The average Bonchev–Trinajstić information content (AvgIpc) is 3.26. The Morgan fingerprint density at radius 1 is 0.784 bits per heavy atom. The molecule has 1 aromatic heterocycles. The van der Waals surface area contributed by atoms with Gasteiger partial charge in [-0.3, -0.25) is 4.99 Å². The molecule has 5 aromatic rings. The summed E-state index contributed by atoms with van der Waals surface area (Å²) in [4.78, 5) is 5.42. The molecule has 0 radical (unpaired) electrons. The number of fused-ring (bicyclic) bond motifs is 8. The fourth-order valence-corrected chi connectivity index (χ4v) is 6.83. The Kier molecular flexibility index (Phi) is 4.85. The van der Waals surface area contributed by atoms with Crippen molar-refractivity contribution in [2.75, 3.05) is 0 Å². The summed E-state index contributed by atoms with van der Waals surface area (Å²) in [5.41, 5.74) is 7.25. The van der Waals surface area contributed by atoms with Crippen molar-refractivity contribution >= 4 is 38.3 Å². The summed E-state index contributed by atoms with van der Waals surface area (Å²) >= 11 is 0. The number of para-hydroxylation sites is 2. The number of unbranched alkanes of at least 4 members (excludes halogenated alkanes) is 1. The lowest BCUT2D eigenvalue weighted by Crippen LogP contribution is -2.55. The second-order valence-corrected chi connectivity index (χ2v) is 10.7. The minimum atomic E-state index is -0.221. The third kappa shape index (κ3) is 2.90. The van der Waals surface area contributed by atoms with Crippen LogP contribution in [0.4, 0.5) is 0 Å². The van der Waals surface area contributed by atoms with Gasteiger partial charge in [0.05, 0.1) is 28.0 Å². The summed E-state index contributed by atoms with van der Waals surface area (Å²) in [7, 11) is 0. The lowest BCUT2D eigenvalue weighted by molar-refractivity contribution is 0.300. The normalized spacial score (nSPS) is 22.4. The molecule has 0 fully saturated rings. The van der Waals surface area contributed by atoms with Gasteiger partial charge in [0.25, 0.3) is 0 Å². The van der Waals surface area contributed by atoms with E-state index in [2.05, 4.69) is 129 Å². The highest BCUT2D eigenvalue weighted by atomic mass is 15.0. The molecule has 2 heteroatoms. The van der Waals surface area contributed by atoms with E-state index in [1.54, 1.807) is 0 Å². The van der Waals surface area contributed by atoms with Gasteiger partial charge in [-0.1, -0.05) is 99.2 Å². The van der Waals surface area contributed by atoms with Crippen LogP contribution in [0, 0.1) is 0 Å². The molecule has 1 aliphatic carbocycles. The molecule has 37 heavy (non-hydrogen) atoms. The summed E-state index contributed by atoms with van der Waals surface area (Å²) < 4.78 is 2.48. The van der Waals surface area contributed by atoms with Crippen LogP contribution in [-0.4, -0.2) is 15.8 Å². The quantitative estimate of drug-likeness (QED) is 0.223. The molecule has 4 aromatic carbocycles. The fourth-order valence-electron chi connectivity index (χ4n) is 6.83. The fraction of sp³-hybridized carbons (Fsp3) is 0.229. The van der Waals surface area contributed by atoms with Crippen LogP contribution in [0.1, 0.15) is 51.2 Å². The van der Waals surface area contributed by atoms with Gasteiger partial charge in [-0.2, -0.15) is 0 Å². The zero-order valence-electron chi connectivity index (χ0n) is 21.8. The van der Waals surface area contributed by atoms with E-state index in [9.17, 15) is 0 Å². The van der Waals surface area contributed by atoms with Crippen molar-refractivity contribution in [3.05, 3.63) is 114 Å². The van der Waals surface area contributed by atoms with Crippen molar-refractivity contribution in [1.29, 1.82) is 0 Å². The maximum absolute atomic E-state index is 5.42. The number of benzene rings is 4. The lowest BCUT2D eigenvalue weighted by Gasteiger charge is -2.53. The summed E-state index contributed by atoms with van der Waals surface area (Å²) in [5, 5.41) is 5.14. The van der Waals surface area contributed by atoms with Crippen molar-refractivity contribution in [2.24, 2.45) is 4.99 Å². The molecule has 0 N–H and O–H groups in total. The highest BCUT2D eigenvalue weighted by Crippen LogP contribution is 2.56. The molecule has 0 saturated carbocycles. The van der Waals surface area contributed by atoms with Crippen molar-refractivity contribution < 1.29 is 0 Å². The molecule has 7 rings (SSSR count). The van der Waals surface area contributed by atoms with Gasteiger partial charge in [0.15, 0.2) is 0 Å². The smallest absolute Gasteiger partial charge is 0.0898 e. The number of rotatable bonds is 5. The zero-order valence-corrected chi connectivity index (χ0v) is 21.8. The molecule has 1 unspecified atom stereocenters. The van der Waals surface area contributed by atoms with Crippen LogP contribution in [0.3, 0.4) is 0 Å². The van der Waals surface area contributed by atoms with Gasteiger partial charge in [0.1, 0.15) is 0 Å². The van der Waals surface area contributed by atoms with E-state index in [-0.39, 0.29) is 11.0 Å². The highest BCUT2D eigenvalue weighted by Gasteiger charge is 2.55. The van der Waals surface area contributed by atoms with E-state index in [0.717, 1.165) is 25.0 Å². The Morgan fingerprint density at radius 2 is 1.41 bits per heavy atom.